The summed E-state index contributed by atoms with van der Waals surface area (Å²) in [5.41, 5.74) is 0. The molecule has 1 fully saturated rings. The second-order valence-electron chi connectivity index (χ2n) is 3.96. The zero-order chi connectivity index (χ0) is 7.56. The van der Waals surface area contributed by atoms with Gasteiger partial charge in [-0.3, -0.25) is 0 Å². The van der Waals surface area contributed by atoms with Gasteiger partial charge in [-0.1, -0.05) is 20.8 Å². The van der Waals surface area contributed by atoms with Crippen molar-refractivity contribution in [2.75, 3.05) is 6.54 Å². The van der Waals surface area contributed by atoms with Crippen LogP contribution < -0.4 is 5.32 Å². The Bertz CT molecular complexity index is 98.9. The Hall–Kier alpha value is -0.0400. The highest BCUT2D eigenvalue weighted by Crippen LogP contribution is 2.20. The largest absolute Gasteiger partial charge is 0.314 e. The molecule has 1 heteroatoms. The lowest BCUT2D eigenvalue weighted by Gasteiger charge is -2.17. The molecule has 0 spiro atoms. The van der Waals surface area contributed by atoms with Crippen molar-refractivity contribution in [2.24, 2.45) is 11.8 Å². The van der Waals surface area contributed by atoms with E-state index in [1.165, 1.54) is 19.4 Å². The van der Waals surface area contributed by atoms with Gasteiger partial charge in [-0.15, -0.1) is 0 Å². The first-order valence-corrected chi connectivity index (χ1v) is 4.43. The second kappa shape index (κ2) is 3.38. The van der Waals surface area contributed by atoms with Gasteiger partial charge in [0.05, 0.1) is 0 Å². The Balaban J connectivity index is 2.26. The summed E-state index contributed by atoms with van der Waals surface area (Å²) < 4.78 is 0. The Morgan fingerprint density at radius 2 is 2.20 bits per heavy atom. The summed E-state index contributed by atoms with van der Waals surface area (Å²) in [6.45, 7) is 8.19. The molecule has 1 aliphatic heterocycles. The van der Waals surface area contributed by atoms with E-state index >= 15 is 0 Å². The molecular formula is C9H19N. The molecule has 0 radical (unpaired) electrons. The smallest absolute Gasteiger partial charge is 0.00956 e. The maximum absolute atomic E-state index is 3.54. The molecule has 1 nitrogen and oxygen atoms in total. The van der Waals surface area contributed by atoms with Crippen molar-refractivity contribution >= 4 is 0 Å². The summed E-state index contributed by atoms with van der Waals surface area (Å²) in [5, 5.41) is 3.54. The topological polar surface area (TPSA) is 12.0 Å². The van der Waals surface area contributed by atoms with Crippen LogP contribution >= 0.6 is 0 Å². The first-order valence-electron chi connectivity index (χ1n) is 4.43. The normalized spacial score (nSPS) is 33.6. The predicted octanol–water partition coefficient (Wildman–Crippen LogP) is 2.03. The van der Waals surface area contributed by atoms with Crippen molar-refractivity contribution in [3.63, 3.8) is 0 Å². The highest BCUT2D eigenvalue weighted by atomic mass is 14.9. The zero-order valence-corrected chi connectivity index (χ0v) is 7.35. The first kappa shape index (κ1) is 8.06. The van der Waals surface area contributed by atoms with Crippen molar-refractivity contribution in [1.29, 1.82) is 0 Å². The summed E-state index contributed by atoms with van der Waals surface area (Å²) in [6.07, 6.45) is 2.72. The van der Waals surface area contributed by atoms with Gasteiger partial charge in [-0.2, -0.15) is 0 Å². The molecule has 10 heavy (non-hydrogen) atoms. The minimum absolute atomic E-state index is 0.806. The molecule has 0 aromatic rings. The third kappa shape index (κ3) is 1.98. The summed E-state index contributed by atoms with van der Waals surface area (Å²) in [4.78, 5) is 0. The average molecular weight is 141 g/mol. The van der Waals surface area contributed by atoms with E-state index < -0.39 is 0 Å². The van der Waals surface area contributed by atoms with Crippen LogP contribution in [-0.2, 0) is 0 Å². The van der Waals surface area contributed by atoms with Gasteiger partial charge in [0.2, 0.25) is 0 Å². The van der Waals surface area contributed by atoms with Crippen LogP contribution in [0.4, 0.5) is 0 Å². The predicted molar refractivity (Wildman–Crippen MR) is 45.0 cm³/mol. The van der Waals surface area contributed by atoms with Gasteiger partial charge >= 0.3 is 0 Å². The summed E-state index contributed by atoms with van der Waals surface area (Å²) in [5.74, 6) is 1.75. The van der Waals surface area contributed by atoms with Crippen molar-refractivity contribution in [1.82, 2.24) is 5.32 Å². The fraction of sp³-hybridized carbons (Fsp3) is 1.00. The molecule has 0 aliphatic carbocycles. The Morgan fingerprint density at radius 1 is 1.50 bits per heavy atom. The summed E-state index contributed by atoms with van der Waals surface area (Å²) >= 11 is 0. The molecule has 0 unspecified atom stereocenters. The molecule has 0 saturated carbocycles. The SMILES string of the molecule is CC(C)C[C@@H]1NCC[C@H]1C. The minimum atomic E-state index is 0.806. The third-order valence-corrected chi connectivity index (χ3v) is 2.42. The monoisotopic (exact) mass is 141 g/mol. The van der Waals surface area contributed by atoms with Gasteiger partial charge in [0.25, 0.3) is 0 Å². The molecule has 60 valence electrons. The third-order valence-electron chi connectivity index (χ3n) is 2.42. The maximum Gasteiger partial charge on any atom is 0.00956 e. The Kier molecular flexibility index (Phi) is 2.72. The van der Waals surface area contributed by atoms with E-state index in [0.29, 0.717) is 0 Å². The number of hydrogen-bond acceptors (Lipinski definition) is 1. The fourth-order valence-corrected chi connectivity index (χ4v) is 1.72. The van der Waals surface area contributed by atoms with Crippen LogP contribution in [-0.4, -0.2) is 12.6 Å². The van der Waals surface area contributed by atoms with Crippen molar-refractivity contribution in [3.8, 4) is 0 Å². The highest BCUT2D eigenvalue weighted by Gasteiger charge is 2.22. The van der Waals surface area contributed by atoms with Gasteiger partial charge in [0.1, 0.15) is 0 Å². The quantitative estimate of drug-likeness (QED) is 0.620. The van der Waals surface area contributed by atoms with Crippen molar-refractivity contribution < 1.29 is 0 Å². The molecule has 0 bridgehead atoms. The maximum atomic E-state index is 3.54. The first-order chi connectivity index (χ1) is 4.70. The lowest BCUT2D eigenvalue weighted by atomic mass is 9.95. The Labute approximate surface area is 64.2 Å². The number of hydrogen-bond donors (Lipinski definition) is 1. The fourth-order valence-electron chi connectivity index (χ4n) is 1.72. The van der Waals surface area contributed by atoms with Crippen LogP contribution in [0.15, 0.2) is 0 Å². The summed E-state index contributed by atoms with van der Waals surface area (Å²) in [7, 11) is 0. The van der Waals surface area contributed by atoms with Gasteiger partial charge in [0.15, 0.2) is 0 Å². The molecule has 0 aromatic heterocycles. The molecule has 1 aliphatic rings. The van der Waals surface area contributed by atoms with Crippen molar-refractivity contribution in [3.05, 3.63) is 0 Å². The van der Waals surface area contributed by atoms with E-state index in [4.69, 9.17) is 0 Å². The molecule has 1 saturated heterocycles. The van der Waals surface area contributed by atoms with Crippen molar-refractivity contribution in [2.45, 2.75) is 39.7 Å². The van der Waals surface area contributed by atoms with Gasteiger partial charge in [-0.05, 0) is 31.2 Å². The van der Waals surface area contributed by atoms with Crippen LogP contribution in [0, 0.1) is 11.8 Å². The number of nitrogens with one attached hydrogen (secondary N) is 1. The molecule has 1 heterocycles. The lowest BCUT2D eigenvalue weighted by molar-refractivity contribution is 0.396. The molecule has 1 N–H and O–H groups in total. The second-order valence-corrected chi connectivity index (χ2v) is 3.96. The van der Waals surface area contributed by atoms with Gasteiger partial charge < -0.3 is 5.32 Å². The van der Waals surface area contributed by atoms with Gasteiger partial charge in [-0.25, -0.2) is 0 Å². The van der Waals surface area contributed by atoms with E-state index in [1.54, 1.807) is 0 Å². The standard InChI is InChI=1S/C9H19N/c1-7(2)6-9-8(3)4-5-10-9/h7-10H,4-6H2,1-3H3/t8-,9+/m1/s1. The minimum Gasteiger partial charge on any atom is -0.314 e. The van der Waals surface area contributed by atoms with Crippen LogP contribution in [0.3, 0.4) is 0 Å². The Morgan fingerprint density at radius 3 is 2.60 bits per heavy atom. The molecular weight excluding hydrogens is 122 g/mol. The molecule has 2 atom stereocenters. The van der Waals surface area contributed by atoms with E-state index in [-0.39, 0.29) is 0 Å². The zero-order valence-electron chi connectivity index (χ0n) is 7.35. The van der Waals surface area contributed by atoms with Gasteiger partial charge in [0, 0.05) is 6.04 Å². The van der Waals surface area contributed by atoms with E-state index in [9.17, 15) is 0 Å². The van der Waals surface area contributed by atoms with E-state index in [2.05, 4.69) is 26.1 Å². The van der Waals surface area contributed by atoms with Crippen LogP contribution in [0.2, 0.25) is 0 Å². The van der Waals surface area contributed by atoms with Crippen LogP contribution in [0.25, 0.3) is 0 Å². The summed E-state index contributed by atoms with van der Waals surface area (Å²) in [6, 6.07) is 0.806. The molecule has 0 aromatic carbocycles. The lowest BCUT2D eigenvalue weighted by Crippen LogP contribution is -2.27. The van der Waals surface area contributed by atoms with E-state index in [0.717, 1.165) is 17.9 Å². The number of rotatable bonds is 2. The molecule has 1 rings (SSSR count). The van der Waals surface area contributed by atoms with Crippen LogP contribution in [0.1, 0.15) is 33.6 Å². The highest BCUT2D eigenvalue weighted by molar-refractivity contribution is 4.81. The van der Waals surface area contributed by atoms with Crippen LogP contribution in [0.5, 0.6) is 0 Å². The molecule has 0 amide bonds. The average Bonchev–Trinajstić information content (AvgIpc) is 2.15. The van der Waals surface area contributed by atoms with E-state index in [1.807, 2.05) is 0 Å².